The van der Waals surface area contributed by atoms with Gasteiger partial charge in [-0.1, -0.05) is 42.5 Å². The van der Waals surface area contributed by atoms with Gasteiger partial charge in [0.1, 0.15) is 35.4 Å². The molecule has 5 rings (SSSR count). The van der Waals surface area contributed by atoms with Gasteiger partial charge >= 0.3 is 13.6 Å². The molecule has 0 aliphatic carbocycles. The largest absolute Gasteiger partial charge is 0.497 e. The van der Waals surface area contributed by atoms with Crippen LogP contribution in [0, 0.1) is 0 Å². The zero-order chi connectivity index (χ0) is 37.2. The van der Waals surface area contributed by atoms with E-state index in [1.54, 1.807) is 103 Å². The molecule has 0 spiro atoms. The molecule has 0 saturated carbocycles. The van der Waals surface area contributed by atoms with Gasteiger partial charge in [-0.3, -0.25) is 13.5 Å². The Labute approximate surface area is 299 Å². The van der Waals surface area contributed by atoms with E-state index in [4.69, 9.17) is 46.4 Å². The maximum atomic E-state index is 15.2. The van der Waals surface area contributed by atoms with Crippen molar-refractivity contribution in [1.29, 1.82) is 0 Å². The van der Waals surface area contributed by atoms with Gasteiger partial charge in [0, 0.05) is 5.92 Å². The number of hydrogen-bond acceptors (Lipinski definition) is 14. The zero-order valence-electron chi connectivity index (χ0n) is 30.2. The summed E-state index contributed by atoms with van der Waals surface area (Å²) in [6.07, 6.45) is -4.98. The van der Waals surface area contributed by atoms with Crippen LogP contribution in [0.2, 0.25) is 0 Å². The Balaban J connectivity index is 1.70. The van der Waals surface area contributed by atoms with Crippen molar-refractivity contribution in [3.8, 4) is 5.75 Å². The van der Waals surface area contributed by atoms with Crippen molar-refractivity contribution >= 4 is 23.7 Å². The maximum Gasteiger partial charge on any atom is 0.345 e. The van der Waals surface area contributed by atoms with Crippen molar-refractivity contribution in [2.75, 3.05) is 33.5 Å². The lowest BCUT2D eigenvalue weighted by Gasteiger charge is -2.36. The highest BCUT2D eigenvalue weighted by Gasteiger charge is 2.62. The molecule has 0 radical (unpaired) electrons. The van der Waals surface area contributed by atoms with Crippen LogP contribution >= 0.6 is 7.60 Å². The Hall–Kier alpha value is -2.43. The van der Waals surface area contributed by atoms with E-state index in [9.17, 15) is 9.36 Å². The predicted molar refractivity (Wildman–Crippen MR) is 184 cm³/mol. The van der Waals surface area contributed by atoms with Crippen LogP contribution in [-0.2, 0) is 61.1 Å². The summed E-state index contributed by atoms with van der Waals surface area (Å²) in [6.45, 7) is 11.4. The molecule has 3 aliphatic rings. The fraction of sp³-hybridized carbons (Fsp3) is 0.629. The first kappa shape index (κ1) is 39.8. The van der Waals surface area contributed by atoms with Crippen LogP contribution in [0.1, 0.15) is 70.8 Å². The topological polar surface area (TPSA) is 161 Å². The Morgan fingerprint density at radius 1 is 0.863 bits per heavy atom. The molecular formula is C35H49O14PS. The van der Waals surface area contributed by atoms with E-state index in [1.165, 1.54) is 7.11 Å². The minimum atomic E-state index is -4.86. The van der Waals surface area contributed by atoms with Gasteiger partial charge in [-0.05, 0) is 71.7 Å². The number of ether oxygens (including phenoxy) is 7. The summed E-state index contributed by atoms with van der Waals surface area (Å²) >= 11 is 0. The van der Waals surface area contributed by atoms with E-state index in [0.717, 1.165) is 0 Å². The molecule has 2 aromatic carbocycles. The molecule has 0 unspecified atom stereocenters. The summed E-state index contributed by atoms with van der Waals surface area (Å²) < 4.78 is 104. The van der Waals surface area contributed by atoms with Crippen molar-refractivity contribution in [2.24, 2.45) is 0 Å². The lowest BCUT2D eigenvalue weighted by atomic mass is 9.88. The third-order valence-corrected chi connectivity index (χ3v) is 12.9. The normalized spacial score (nSPS) is 27.4. The molecule has 0 N–H and O–H groups in total. The molecule has 8 atom stereocenters. The first-order valence-corrected chi connectivity index (χ1v) is 20.2. The van der Waals surface area contributed by atoms with E-state index < -0.39 is 82.8 Å². The zero-order valence-corrected chi connectivity index (χ0v) is 31.9. The average Bonchev–Trinajstić information content (AvgIpc) is 3.69. The second-order valence-electron chi connectivity index (χ2n) is 13.2. The smallest absolute Gasteiger partial charge is 0.345 e. The summed E-state index contributed by atoms with van der Waals surface area (Å²) in [5.74, 6) is -4.01. The van der Waals surface area contributed by atoms with Gasteiger partial charge in [0.05, 0.1) is 33.5 Å². The molecule has 3 fully saturated rings. The summed E-state index contributed by atoms with van der Waals surface area (Å²) in [5.41, 5.74) is -1.21. The first-order valence-electron chi connectivity index (χ1n) is 17.1. The van der Waals surface area contributed by atoms with Crippen LogP contribution in [0.3, 0.4) is 0 Å². The van der Waals surface area contributed by atoms with E-state index in [-0.39, 0.29) is 32.0 Å². The summed E-state index contributed by atoms with van der Waals surface area (Å²) in [4.78, 5) is 14.1. The van der Waals surface area contributed by atoms with Crippen molar-refractivity contribution in [2.45, 2.75) is 108 Å². The number of carbonyl (C=O) groups is 1. The Bertz CT molecular complexity index is 1620. The van der Waals surface area contributed by atoms with Crippen molar-refractivity contribution in [3.63, 3.8) is 0 Å². The Kier molecular flexibility index (Phi) is 12.4. The molecule has 51 heavy (non-hydrogen) atoms. The van der Waals surface area contributed by atoms with Gasteiger partial charge in [0.25, 0.3) is 10.1 Å². The lowest BCUT2D eigenvalue weighted by Crippen LogP contribution is -2.46. The van der Waals surface area contributed by atoms with Gasteiger partial charge in [0.15, 0.2) is 23.5 Å². The van der Waals surface area contributed by atoms with Crippen molar-refractivity contribution in [1.82, 2.24) is 0 Å². The summed E-state index contributed by atoms with van der Waals surface area (Å²) in [5, 5.41) is -1.68. The fourth-order valence-electron chi connectivity index (χ4n) is 6.81. The fourth-order valence-corrected chi connectivity index (χ4v) is 10.9. The highest BCUT2D eigenvalue weighted by atomic mass is 32.2. The molecule has 0 bridgehead atoms. The van der Waals surface area contributed by atoms with Gasteiger partial charge in [-0.15, -0.1) is 0 Å². The standard InChI is InChI=1S/C35H49O14PS/c1-9-41-32(36)30(50(37,43-10-2)44-11-3)26(22-17-19-24(40-8)20-18-22)31(23-15-13-12-14-16-23)51(38,39)49-28-27(25-21-42-34(4,5)46-25)45-33-29(28)47-35(6,7)48-33/h12-20,25-31,33H,9-11,21H2,1-8H3/t25-,26-,27-,28-,29-,30+,31-,33-/m1/s1. The second kappa shape index (κ2) is 15.9. The molecule has 0 aromatic heterocycles. The maximum absolute atomic E-state index is 15.2. The number of hydrogen-bond donors (Lipinski definition) is 0. The van der Waals surface area contributed by atoms with Gasteiger partial charge < -0.3 is 42.2 Å². The molecule has 16 heteroatoms. The molecule has 3 heterocycles. The Morgan fingerprint density at radius 3 is 2.06 bits per heavy atom. The first-order chi connectivity index (χ1) is 24.1. The molecular weight excluding hydrogens is 707 g/mol. The lowest BCUT2D eigenvalue weighted by molar-refractivity contribution is -0.230. The average molecular weight is 757 g/mol. The number of fused-ring (bicyclic) bond motifs is 1. The molecule has 3 aliphatic heterocycles. The van der Waals surface area contributed by atoms with E-state index in [1.807, 2.05) is 0 Å². The molecule has 284 valence electrons. The van der Waals surface area contributed by atoms with Crippen LogP contribution < -0.4 is 4.74 Å². The van der Waals surface area contributed by atoms with Crippen LogP contribution in [0.5, 0.6) is 5.75 Å². The molecule has 3 saturated heterocycles. The van der Waals surface area contributed by atoms with Crippen LogP contribution in [-0.4, -0.2) is 95.9 Å². The van der Waals surface area contributed by atoms with Crippen LogP contribution in [0.25, 0.3) is 0 Å². The van der Waals surface area contributed by atoms with E-state index in [2.05, 4.69) is 0 Å². The van der Waals surface area contributed by atoms with Crippen LogP contribution in [0.15, 0.2) is 54.6 Å². The van der Waals surface area contributed by atoms with Crippen molar-refractivity contribution in [3.05, 3.63) is 65.7 Å². The monoisotopic (exact) mass is 756 g/mol. The third-order valence-electron chi connectivity index (χ3n) is 8.76. The molecule has 0 amide bonds. The number of carbonyl (C=O) groups excluding carboxylic acids is 1. The minimum Gasteiger partial charge on any atom is -0.497 e. The number of benzene rings is 2. The molecule has 2 aromatic rings. The van der Waals surface area contributed by atoms with E-state index >= 15 is 8.42 Å². The second-order valence-corrected chi connectivity index (χ2v) is 17.0. The summed E-state index contributed by atoms with van der Waals surface area (Å²) in [6, 6.07) is 14.7. The third kappa shape index (κ3) is 8.70. The van der Waals surface area contributed by atoms with E-state index in [0.29, 0.717) is 11.3 Å². The number of methoxy groups -OCH3 is 1. The Morgan fingerprint density at radius 2 is 1.51 bits per heavy atom. The molecule has 14 nitrogen and oxygen atoms in total. The highest BCUT2D eigenvalue weighted by Crippen LogP contribution is 2.61. The number of rotatable bonds is 16. The summed E-state index contributed by atoms with van der Waals surface area (Å²) in [7, 11) is -7.81. The predicted octanol–water partition coefficient (Wildman–Crippen LogP) is 5.46. The number of esters is 1. The van der Waals surface area contributed by atoms with Gasteiger partial charge in [0.2, 0.25) is 0 Å². The van der Waals surface area contributed by atoms with Crippen molar-refractivity contribution < 1.29 is 64.2 Å². The SMILES string of the molecule is CCOC(=O)[C@H]([C@@H](c1ccc(OC)cc1)[C@@H](c1ccccc1)S(=O)(=O)O[C@H]1[C@H]2OC(C)(C)O[C@H]2O[C@@H]1[C@H]1COC(C)(C)O1)P(=O)(OCC)OCC. The highest BCUT2D eigenvalue weighted by molar-refractivity contribution is 7.87. The van der Waals surface area contributed by atoms with Gasteiger partial charge in [-0.2, -0.15) is 8.42 Å². The minimum absolute atomic E-state index is 0.0841. The van der Waals surface area contributed by atoms with Gasteiger partial charge in [-0.25, -0.2) is 0 Å². The quantitative estimate of drug-likeness (QED) is 0.121. The van der Waals surface area contributed by atoms with Crippen LogP contribution in [0.4, 0.5) is 0 Å².